The first-order chi connectivity index (χ1) is 13.8. The van der Waals surface area contributed by atoms with E-state index in [0.29, 0.717) is 5.56 Å². The van der Waals surface area contributed by atoms with Crippen molar-refractivity contribution < 1.29 is 45.3 Å². The van der Waals surface area contributed by atoms with E-state index in [-0.39, 0.29) is 29.1 Å². The summed E-state index contributed by atoms with van der Waals surface area (Å²) in [5.41, 5.74) is 0.817. The lowest BCUT2D eigenvalue weighted by molar-refractivity contribution is -0.133. The molecule has 9 nitrogen and oxygen atoms in total. The Hall–Kier alpha value is -3.11. The number of aliphatic hydroxyl groups excluding tert-OH is 4. The molecule has 156 valence electrons. The highest BCUT2D eigenvalue weighted by molar-refractivity contribution is 5.75. The maximum atomic E-state index is 11.4. The van der Waals surface area contributed by atoms with Crippen LogP contribution in [0.1, 0.15) is 11.1 Å². The van der Waals surface area contributed by atoms with E-state index in [0.717, 1.165) is 6.07 Å². The van der Waals surface area contributed by atoms with Crippen molar-refractivity contribution in [2.75, 3.05) is 6.61 Å². The number of aliphatic hydroxyl groups is 4. The molecule has 9 heteroatoms. The molecule has 0 saturated heterocycles. The third-order valence-corrected chi connectivity index (χ3v) is 4.09. The minimum Gasteiger partial charge on any atom is -0.508 e. The molecular weight excluding hydrogens is 384 g/mol. The molecular formula is C20H22O9. The lowest BCUT2D eigenvalue weighted by Crippen LogP contribution is -2.48. The number of aromatic hydroxyl groups is 3. The van der Waals surface area contributed by atoms with Gasteiger partial charge in [0.05, 0.1) is 6.61 Å². The van der Waals surface area contributed by atoms with E-state index in [1.165, 1.54) is 24.3 Å². The first kappa shape index (κ1) is 22.2. The quantitative estimate of drug-likeness (QED) is 0.224. The zero-order chi connectivity index (χ0) is 21.6. The van der Waals surface area contributed by atoms with Crippen LogP contribution < -0.4 is 4.74 Å². The summed E-state index contributed by atoms with van der Waals surface area (Å²) >= 11 is 0. The Bertz CT molecular complexity index is 848. The molecule has 0 aromatic heterocycles. The van der Waals surface area contributed by atoms with Gasteiger partial charge in [-0.05, 0) is 23.8 Å². The van der Waals surface area contributed by atoms with E-state index < -0.39 is 36.8 Å². The second-order valence-electron chi connectivity index (χ2n) is 6.26. The van der Waals surface area contributed by atoms with Gasteiger partial charge in [-0.15, -0.1) is 0 Å². The number of phenolic OH excluding ortho intramolecular Hbond substituents is 3. The van der Waals surface area contributed by atoms with Crippen LogP contribution in [0.25, 0.3) is 12.2 Å². The van der Waals surface area contributed by atoms with Crippen LogP contribution in [0.2, 0.25) is 0 Å². The number of benzene rings is 2. The molecule has 0 bridgehead atoms. The highest BCUT2D eigenvalue weighted by Gasteiger charge is 2.33. The minimum atomic E-state index is -1.91. The molecule has 29 heavy (non-hydrogen) atoms. The van der Waals surface area contributed by atoms with Gasteiger partial charge in [0, 0.05) is 11.6 Å². The van der Waals surface area contributed by atoms with E-state index in [9.17, 15) is 35.4 Å². The zero-order valence-corrected chi connectivity index (χ0v) is 15.2. The number of hydrogen-bond donors (Lipinski definition) is 7. The van der Waals surface area contributed by atoms with Gasteiger partial charge in [-0.25, -0.2) is 0 Å². The van der Waals surface area contributed by atoms with Crippen LogP contribution in [0.5, 0.6) is 23.0 Å². The summed E-state index contributed by atoms with van der Waals surface area (Å²) in [7, 11) is 0. The fourth-order valence-electron chi connectivity index (χ4n) is 2.49. The van der Waals surface area contributed by atoms with E-state index in [4.69, 9.17) is 9.84 Å². The number of hydrogen-bond acceptors (Lipinski definition) is 9. The highest BCUT2D eigenvalue weighted by Crippen LogP contribution is 2.36. The number of ether oxygens (including phenoxy) is 1. The third-order valence-electron chi connectivity index (χ3n) is 4.09. The molecule has 0 radical (unpaired) electrons. The lowest BCUT2D eigenvalue weighted by Gasteiger charge is -2.26. The third kappa shape index (κ3) is 5.69. The molecule has 7 N–H and O–H groups in total. The van der Waals surface area contributed by atoms with Gasteiger partial charge in [-0.3, -0.25) is 4.79 Å². The van der Waals surface area contributed by atoms with Gasteiger partial charge < -0.3 is 40.5 Å². The SMILES string of the molecule is O=C[C@H](Oc1c(O)cc(O)cc1/C=C/c1ccc(O)cc1)[C@@H](O)[C@H](O)[C@H](O)CO. The molecule has 0 heterocycles. The Morgan fingerprint density at radius 1 is 0.897 bits per heavy atom. The fraction of sp³-hybridized carbons (Fsp3) is 0.250. The van der Waals surface area contributed by atoms with Gasteiger partial charge in [0.15, 0.2) is 23.9 Å². The van der Waals surface area contributed by atoms with Crippen molar-refractivity contribution in [1.29, 1.82) is 0 Å². The molecule has 2 aromatic rings. The average Bonchev–Trinajstić information content (AvgIpc) is 2.71. The summed E-state index contributed by atoms with van der Waals surface area (Å²) in [4.78, 5) is 11.4. The van der Waals surface area contributed by atoms with Crippen LogP contribution >= 0.6 is 0 Å². The highest BCUT2D eigenvalue weighted by atomic mass is 16.5. The van der Waals surface area contributed by atoms with E-state index in [1.807, 2.05) is 0 Å². The molecule has 0 spiro atoms. The summed E-state index contributed by atoms with van der Waals surface area (Å²) in [5.74, 6) is -1.02. The molecule has 2 aromatic carbocycles. The molecule has 0 aliphatic heterocycles. The summed E-state index contributed by atoms with van der Waals surface area (Å²) in [6.45, 7) is -0.852. The standard InChI is InChI=1S/C20H22O9/c21-9-16(26)18(27)19(28)17(10-22)29-20-12(7-14(24)8-15(20)25)4-1-11-2-5-13(23)6-3-11/h1-8,10,16-19,21,23-28H,9H2/b4-1+/t16-,17+,18-,19-/m1/s1. The van der Waals surface area contributed by atoms with Crippen molar-refractivity contribution in [2.45, 2.75) is 24.4 Å². The fourth-order valence-corrected chi connectivity index (χ4v) is 2.49. The molecule has 0 aliphatic rings. The second-order valence-corrected chi connectivity index (χ2v) is 6.26. The van der Waals surface area contributed by atoms with Gasteiger partial charge in [0.2, 0.25) is 0 Å². The smallest absolute Gasteiger partial charge is 0.182 e. The summed E-state index contributed by atoms with van der Waals surface area (Å²) < 4.78 is 5.34. The van der Waals surface area contributed by atoms with Gasteiger partial charge in [-0.1, -0.05) is 24.3 Å². The largest absolute Gasteiger partial charge is 0.508 e. The van der Waals surface area contributed by atoms with E-state index in [2.05, 4.69) is 0 Å². The number of rotatable bonds is 9. The number of aldehydes is 1. The maximum absolute atomic E-state index is 11.4. The van der Waals surface area contributed by atoms with Gasteiger partial charge >= 0.3 is 0 Å². The van der Waals surface area contributed by atoms with Crippen LogP contribution in [0.3, 0.4) is 0 Å². The normalized spacial score (nSPS) is 15.6. The Labute approximate surface area is 166 Å². The Kier molecular flexibility index (Phi) is 7.57. The number of phenols is 3. The maximum Gasteiger partial charge on any atom is 0.182 e. The second kappa shape index (κ2) is 9.89. The predicted octanol–water partition coefficient (Wildman–Crippen LogP) is -0.00490. The lowest BCUT2D eigenvalue weighted by atomic mass is 10.0. The number of carbonyl (C=O) groups excluding carboxylic acids is 1. The molecule has 0 fully saturated rings. The van der Waals surface area contributed by atoms with E-state index >= 15 is 0 Å². The monoisotopic (exact) mass is 406 g/mol. The van der Waals surface area contributed by atoms with Crippen molar-refractivity contribution >= 4 is 18.4 Å². The van der Waals surface area contributed by atoms with Crippen LogP contribution in [0, 0.1) is 0 Å². The van der Waals surface area contributed by atoms with Crippen molar-refractivity contribution in [3.05, 3.63) is 47.5 Å². The van der Waals surface area contributed by atoms with Crippen LogP contribution in [-0.4, -0.2) is 73.1 Å². The summed E-state index contributed by atoms with van der Waals surface area (Å²) in [6.07, 6.45) is -3.99. The van der Waals surface area contributed by atoms with Crippen LogP contribution in [-0.2, 0) is 4.79 Å². The topological polar surface area (TPSA) is 168 Å². The predicted molar refractivity (Wildman–Crippen MR) is 102 cm³/mol. The van der Waals surface area contributed by atoms with Crippen molar-refractivity contribution in [1.82, 2.24) is 0 Å². The average molecular weight is 406 g/mol. The summed E-state index contributed by atoms with van der Waals surface area (Å²) in [5, 5.41) is 67.3. The zero-order valence-electron chi connectivity index (χ0n) is 15.2. The molecule has 0 saturated carbocycles. The molecule has 4 atom stereocenters. The van der Waals surface area contributed by atoms with Gasteiger partial charge in [0.1, 0.15) is 29.8 Å². The van der Waals surface area contributed by atoms with Gasteiger partial charge in [-0.2, -0.15) is 0 Å². The van der Waals surface area contributed by atoms with Crippen LogP contribution in [0.4, 0.5) is 0 Å². The molecule has 2 rings (SSSR count). The van der Waals surface area contributed by atoms with Gasteiger partial charge in [0.25, 0.3) is 0 Å². The van der Waals surface area contributed by atoms with Crippen molar-refractivity contribution in [3.8, 4) is 23.0 Å². The van der Waals surface area contributed by atoms with Crippen LogP contribution in [0.15, 0.2) is 36.4 Å². The first-order valence-electron chi connectivity index (χ1n) is 8.57. The van der Waals surface area contributed by atoms with Crippen molar-refractivity contribution in [2.24, 2.45) is 0 Å². The first-order valence-corrected chi connectivity index (χ1v) is 8.57. The molecule has 0 unspecified atom stereocenters. The minimum absolute atomic E-state index is 0.0765. The molecule has 0 amide bonds. The Balaban J connectivity index is 2.33. The number of carbonyl (C=O) groups is 1. The Morgan fingerprint density at radius 2 is 1.55 bits per heavy atom. The molecule has 0 aliphatic carbocycles. The Morgan fingerprint density at radius 3 is 2.14 bits per heavy atom. The van der Waals surface area contributed by atoms with Crippen molar-refractivity contribution in [3.63, 3.8) is 0 Å². The van der Waals surface area contributed by atoms with E-state index in [1.54, 1.807) is 18.2 Å². The summed E-state index contributed by atoms with van der Waals surface area (Å²) in [6, 6.07) is 8.34.